The van der Waals surface area contributed by atoms with Crippen LogP contribution in [0, 0.1) is 11.3 Å². The first-order valence-corrected chi connectivity index (χ1v) is 13.6. The summed E-state index contributed by atoms with van der Waals surface area (Å²) in [5, 5.41) is 18.3. The van der Waals surface area contributed by atoms with Crippen molar-refractivity contribution in [2.45, 2.75) is 71.3 Å². The number of rotatable bonds is 3. The van der Waals surface area contributed by atoms with E-state index in [-0.39, 0.29) is 28.7 Å². The van der Waals surface area contributed by atoms with Gasteiger partial charge in [0.25, 0.3) is 0 Å². The van der Waals surface area contributed by atoms with Crippen molar-refractivity contribution in [2.24, 2.45) is 11.3 Å². The molecule has 0 bridgehead atoms. The van der Waals surface area contributed by atoms with E-state index in [1.54, 1.807) is 6.07 Å². The summed E-state index contributed by atoms with van der Waals surface area (Å²) in [6, 6.07) is 17.9. The van der Waals surface area contributed by atoms with Crippen molar-refractivity contribution in [3.8, 4) is 0 Å². The van der Waals surface area contributed by atoms with E-state index in [1.165, 1.54) is 0 Å². The molecule has 6 rings (SSSR count). The molecule has 1 unspecified atom stereocenters. The van der Waals surface area contributed by atoms with Gasteiger partial charge in [0.1, 0.15) is 0 Å². The summed E-state index contributed by atoms with van der Waals surface area (Å²) in [6.07, 6.45) is 5.54. The van der Waals surface area contributed by atoms with Crippen molar-refractivity contribution in [2.75, 3.05) is 5.32 Å². The molecule has 3 aromatic carbocycles. The predicted octanol–water partition coefficient (Wildman–Crippen LogP) is 6.81. The topological polar surface area (TPSA) is 69.2 Å². The van der Waals surface area contributed by atoms with E-state index >= 15 is 0 Å². The van der Waals surface area contributed by atoms with Crippen LogP contribution < -0.4 is 10.4 Å². The fourth-order valence-corrected chi connectivity index (χ4v) is 6.94. The van der Waals surface area contributed by atoms with Crippen molar-refractivity contribution in [3.63, 3.8) is 0 Å². The summed E-state index contributed by atoms with van der Waals surface area (Å²) < 4.78 is 0. The molecule has 0 aromatic heterocycles. The second kappa shape index (κ2) is 8.86. The van der Waals surface area contributed by atoms with Crippen LogP contribution in [0.15, 0.2) is 60.2 Å². The number of fused-ring (bicyclic) bond motifs is 4. The van der Waals surface area contributed by atoms with Crippen molar-refractivity contribution < 1.29 is 14.7 Å². The lowest BCUT2D eigenvalue weighted by atomic mass is 9.67. The molecule has 4 nitrogen and oxygen atoms in total. The maximum Gasteiger partial charge on any atom is 0.162 e. The van der Waals surface area contributed by atoms with Gasteiger partial charge >= 0.3 is 0 Å². The first-order chi connectivity index (χ1) is 17.7. The second-order valence-corrected chi connectivity index (χ2v) is 12.2. The molecule has 190 valence electrons. The molecular formula is C33H34NO3-. The van der Waals surface area contributed by atoms with Crippen LogP contribution in [0.2, 0.25) is 0 Å². The Bertz CT molecular complexity index is 1460. The molecule has 1 atom stereocenters. The molecular weight excluding hydrogens is 458 g/mol. The lowest BCUT2D eigenvalue weighted by Gasteiger charge is -2.40. The third-order valence-electron chi connectivity index (χ3n) is 8.83. The number of carboxylic acids is 1. The average Bonchev–Trinajstić information content (AvgIpc) is 2.87. The smallest absolute Gasteiger partial charge is 0.162 e. The van der Waals surface area contributed by atoms with Crippen LogP contribution in [0.25, 0.3) is 16.3 Å². The Labute approximate surface area is 218 Å². The number of nitrogens with one attached hydrogen (secondary N) is 1. The normalized spacial score (nSPS) is 24.8. The maximum absolute atomic E-state index is 13.7. The minimum absolute atomic E-state index is 0.135. The highest BCUT2D eigenvalue weighted by Crippen LogP contribution is 2.52. The van der Waals surface area contributed by atoms with Crippen LogP contribution in [0.4, 0.5) is 5.69 Å². The molecule has 0 radical (unpaired) electrons. The Morgan fingerprint density at radius 3 is 2.49 bits per heavy atom. The second-order valence-electron chi connectivity index (χ2n) is 12.2. The first-order valence-electron chi connectivity index (χ1n) is 13.6. The number of hydrogen-bond acceptors (Lipinski definition) is 4. The van der Waals surface area contributed by atoms with E-state index in [0.29, 0.717) is 12.3 Å². The number of benzene rings is 3. The third kappa shape index (κ3) is 4.17. The number of ketones is 1. The van der Waals surface area contributed by atoms with Crippen LogP contribution in [0.1, 0.15) is 98.3 Å². The van der Waals surface area contributed by atoms with Crippen LogP contribution >= 0.6 is 0 Å². The number of carbonyl (C=O) groups excluding carboxylic acids is 2. The fraction of sp³-hybridized carbons (Fsp3) is 0.394. The van der Waals surface area contributed by atoms with Gasteiger partial charge in [0.2, 0.25) is 0 Å². The standard InChI is InChI=1S/C33H35NO3/c1-19-8-10-21(11-9-19)23-14-12-22(16-25(23)32(36)37)31-30-26(17-33(2,3)18-28(30)35)29-24-7-5-4-6-20(24)13-15-27(29)34-31/h4-7,12-16,19,21,31,34H,8-11,17-18H2,1-3H3,(H,36,37)/p-1. The van der Waals surface area contributed by atoms with E-state index in [1.807, 2.05) is 24.3 Å². The molecule has 1 saturated carbocycles. The van der Waals surface area contributed by atoms with Gasteiger partial charge in [-0.2, -0.15) is 0 Å². The van der Waals surface area contributed by atoms with E-state index in [0.717, 1.165) is 76.4 Å². The maximum atomic E-state index is 13.7. The summed E-state index contributed by atoms with van der Waals surface area (Å²) >= 11 is 0. The van der Waals surface area contributed by atoms with E-state index in [2.05, 4.69) is 50.4 Å². The number of allylic oxidation sites excluding steroid dienone is 1. The summed E-state index contributed by atoms with van der Waals surface area (Å²) in [7, 11) is 0. The summed E-state index contributed by atoms with van der Waals surface area (Å²) in [5.41, 5.74) is 5.81. The minimum Gasteiger partial charge on any atom is -0.545 e. The van der Waals surface area contributed by atoms with Crippen molar-refractivity contribution in [3.05, 3.63) is 82.4 Å². The van der Waals surface area contributed by atoms with Gasteiger partial charge in [-0.25, -0.2) is 0 Å². The highest BCUT2D eigenvalue weighted by Gasteiger charge is 2.41. The molecule has 1 aliphatic heterocycles. The average molecular weight is 493 g/mol. The molecule has 1 N–H and O–H groups in total. The third-order valence-corrected chi connectivity index (χ3v) is 8.83. The summed E-state index contributed by atoms with van der Waals surface area (Å²) in [5.74, 6) is -0.0569. The van der Waals surface area contributed by atoms with Gasteiger partial charge in [-0.3, -0.25) is 4.79 Å². The zero-order valence-corrected chi connectivity index (χ0v) is 21.9. The predicted molar refractivity (Wildman–Crippen MR) is 146 cm³/mol. The Morgan fingerprint density at radius 1 is 0.973 bits per heavy atom. The largest absolute Gasteiger partial charge is 0.545 e. The molecule has 3 aliphatic rings. The van der Waals surface area contributed by atoms with Crippen molar-refractivity contribution >= 4 is 33.8 Å². The first kappa shape index (κ1) is 24.0. The van der Waals surface area contributed by atoms with Crippen LogP contribution in [-0.4, -0.2) is 11.8 Å². The lowest BCUT2D eigenvalue weighted by Crippen LogP contribution is -2.33. The molecule has 0 spiro atoms. The Morgan fingerprint density at radius 2 is 1.73 bits per heavy atom. The van der Waals surface area contributed by atoms with Crippen molar-refractivity contribution in [1.82, 2.24) is 0 Å². The quantitative estimate of drug-likeness (QED) is 0.436. The highest BCUT2D eigenvalue weighted by atomic mass is 16.4. The van der Waals surface area contributed by atoms with Crippen molar-refractivity contribution in [1.29, 1.82) is 0 Å². The fourth-order valence-electron chi connectivity index (χ4n) is 6.94. The molecule has 0 amide bonds. The Hall–Kier alpha value is -3.40. The minimum atomic E-state index is -1.14. The summed E-state index contributed by atoms with van der Waals surface area (Å²) in [6.45, 7) is 6.58. The Balaban J connectivity index is 1.50. The lowest BCUT2D eigenvalue weighted by molar-refractivity contribution is -0.255. The van der Waals surface area contributed by atoms with Crippen LogP contribution in [0.3, 0.4) is 0 Å². The molecule has 4 heteroatoms. The molecule has 1 heterocycles. The highest BCUT2D eigenvalue weighted by molar-refractivity contribution is 6.13. The van der Waals surface area contributed by atoms with Crippen LogP contribution in [-0.2, 0) is 4.79 Å². The molecule has 3 aromatic rings. The van der Waals surface area contributed by atoms with E-state index in [4.69, 9.17) is 0 Å². The number of carboxylic acid groups (broad SMARTS) is 1. The zero-order valence-electron chi connectivity index (χ0n) is 21.9. The number of hydrogen-bond donors (Lipinski definition) is 1. The van der Waals surface area contributed by atoms with Crippen LogP contribution in [0.5, 0.6) is 0 Å². The molecule has 0 saturated heterocycles. The van der Waals surface area contributed by atoms with Gasteiger partial charge in [-0.05, 0) is 76.1 Å². The van der Waals surface area contributed by atoms with Gasteiger partial charge in [-0.15, -0.1) is 0 Å². The Kier molecular flexibility index (Phi) is 5.74. The number of carbonyl (C=O) groups is 2. The van der Waals surface area contributed by atoms with E-state index < -0.39 is 5.97 Å². The summed E-state index contributed by atoms with van der Waals surface area (Å²) in [4.78, 5) is 26.0. The zero-order chi connectivity index (χ0) is 25.9. The number of Topliss-reactive ketones (excluding diaryl/α,β-unsaturated/α-hetero) is 1. The van der Waals surface area contributed by atoms with Gasteiger partial charge in [0, 0.05) is 28.8 Å². The number of anilines is 1. The monoisotopic (exact) mass is 492 g/mol. The van der Waals surface area contributed by atoms with Gasteiger partial charge < -0.3 is 15.2 Å². The van der Waals surface area contributed by atoms with Gasteiger partial charge in [-0.1, -0.05) is 76.1 Å². The van der Waals surface area contributed by atoms with Gasteiger partial charge in [0.05, 0.1) is 12.0 Å². The van der Waals surface area contributed by atoms with E-state index in [9.17, 15) is 14.7 Å². The number of aromatic carboxylic acids is 1. The molecule has 2 aliphatic carbocycles. The van der Waals surface area contributed by atoms with Gasteiger partial charge in [0.15, 0.2) is 5.78 Å². The SMILES string of the molecule is CC1CCC(c2ccc(C3Nc4ccc5ccccc5c4C4=C3C(=O)CC(C)(C)C4)cc2C(=O)[O-])CC1. The molecule has 1 fully saturated rings. The molecule has 37 heavy (non-hydrogen) atoms.